The number of amides is 1. The zero-order valence-electron chi connectivity index (χ0n) is 12.3. The van der Waals surface area contributed by atoms with E-state index in [2.05, 4.69) is 0 Å². The first kappa shape index (κ1) is 15.6. The molecule has 1 aromatic carbocycles. The number of carbonyl (C=O) groups is 1. The molecule has 1 spiro atoms. The van der Waals surface area contributed by atoms with Crippen LogP contribution in [0.1, 0.15) is 19.3 Å². The van der Waals surface area contributed by atoms with Crippen LogP contribution in [0.15, 0.2) is 24.3 Å². The van der Waals surface area contributed by atoms with E-state index in [1.54, 1.807) is 29.2 Å². The fourth-order valence-electron chi connectivity index (χ4n) is 3.16. The Balaban J connectivity index is 1.54. The molecule has 0 aromatic heterocycles. The van der Waals surface area contributed by atoms with Gasteiger partial charge in [0, 0.05) is 19.7 Å². The summed E-state index contributed by atoms with van der Waals surface area (Å²) in [4.78, 5) is 13.9. The predicted octanol–water partition coefficient (Wildman–Crippen LogP) is 1.86. The molecule has 2 saturated heterocycles. The molecule has 6 heteroatoms. The zero-order valence-corrected chi connectivity index (χ0v) is 13.1. The average Bonchev–Trinajstić information content (AvgIpc) is 2.99. The molecule has 0 bridgehead atoms. The van der Waals surface area contributed by atoms with Gasteiger partial charge in [0.1, 0.15) is 11.9 Å². The molecule has 22 heavy (non-hydrogen) atoms. The topological polar surface area (TPSA) is 59.0 Å². The third-order valence-electron chi connectivity index (χ3n) is 4.48. The Kier molecular flexibility index (Phi) is 4.57. The van der Waals surface area contributed by atoms with Crippen molar-refractivity contribution in [1.82, 2.24) is 4.90 Å². The Morgan fingerprint density at radius 3 is 2.95 bits per heavy atom. The van der Waals surface area contributed by atoms with Crippen LogP contribution in [0, 0.1) is 0 Å². The van der Waals surface area contributed by atoms with Crippen molar-refractivity contribution in [2.75, 3.05) is 26.3 Å². The Morgan fingerprint density at radius 2 is 2.27 bits per heavy atom. The van der Waals surface area contributed by atoms with Crippen LogP contribution in [-0.4, -0.2) is 53.9 Å². The number of hydrogen-bond donors (Lipinski definition) is 1. The Bertz CT molecular complexity index is 545. The molecule has 3 rings (SSSR count). The number of aliphatic hydroxyl groups is 1. The molecule has 2 aliphatic rings. The Labute approximate surface area is 134 Å². The van der Waals surface area contributed by atoms with Crippen molar-refractivity contribution in [3.63, 3.8) is 0 Å². The lowest BCUT2D eigenvalue weighted by molar-refractivity contribution is -0.154. The third-order valence-corrected chi connectivity index (χ3v) is 4.79. The van der Waals surface area contributed by atoms with Crippen molar-refractivity contribution in [1.29, 1.82) is 0 Å². The first-order valence-corrected chi connectivity index (χ1v) is 7.96. The molecule has 1 aromatic rings. The van der Waals surface area contributed by atoms with Crippen molar-refractivity contribution in [2.24, 2.45) is 0 Å². The molecule has 0 saturated carbocycles. The first-order chi connectivity index (χ1) is 10.6. The number of ether oxygens (including phenoxy) is 2. The summed E-state index contributed by atoms with van der Waals surface area (Å²) < 4.78 is 11.2. The summed E-state index contributed by atoms with van der Waals surface area (Å²) >= 11 is 5.99. The predicted molar refractivity (Wildman–Crippen MR) is 82.1 cm³/mol. The number of hydrogen-bond acceptors (Lipinski definition) is 4. The summed E-state index contributed by atoms with van der Waals surface area (Å²) in [6.07, 6.45) is 1.88. The fourth-order valence-corrected chi connectivity index (χ4v) is 3.35. The van der Waals surface area contributed by atoms with E-state index in [4.69, 9.17) is 21.1 Å². The minimum absolute atomic E-state index is 0.0791. The van der Waals surface area contributed by atoms with Gasteiger partial charge in [0.15, 0.2) is 6.61 Å². The van der Waals surface area contributed by atoms with Crippen molar-refractivity contribution in [3.05, 3.63) is 29.3 Å². The highest BCUT2D eigenvalue weighted by molar-refractivity contribution is 6.32. The van der Waals surface area contributed by atoms with Gasteiger partial charge in [-0.3, -0.25) is 4.79 Å². The van der Waals surface area contributed by atoms with Crippen LogP contribution >= 0.6 is 11.6 Å². The van der Waals surface area contributed by atoms with Gasteiger partial charge in [0.25, 0.3) is 5.91 Å². The van der Waals surface area contributed by atoms with E-state index in [0.29, 0.717) is 36.9 Å². The molecule has 2 fully saturated rings. The van der Waals surface area contributed by atoms with Gasteiger partial charge in [-0.05, 0) is 31.4 Å². The van der Waals surface area contributed by atoms with E-state index < -0.39 is 11.7 Å². The maximum absolute atomic E-state index is 12.2. The standard InChI is InChI=1S/C16H20ClNO4/c17-12-4-1-2-5-13(12)21-11-15(20)18-8-7-16(14(19)10-18)6-3-9-22-16/h1-2,4-5,14,19H,3,6-11H2/t14-,16-/m0/s1. The van der Waals surface area contributed by atoms with Gasteiger partial charge in [-0.15, -0.1) is 0 Å². The molecule has 5 nitrogen and oxygen atoms in total. The van der Waals surface area contributed by atoms with Gasteiger partial charge in [0.05, 0.1) is 10.6 Å². The van der Waals surface area contributed by atoms with E-state index in [9.17, 15) is 9.90 Å². The molecular formula is C16H20ClNO4. The van der Waals surface area contributed by atoms with E-state index >= 15 is 0 Å². The van der Waals surface area contributed by atoms with E-state index in [-0.39, 0.29) is 12.5 Å². The van der Waals surface area contributed by atoms with Gasteiger partial charge in [0.2, 0.25) is 0 Å². The van der Waals surface area contributed by atoms with E-state index in [0.717, 1.165) is 12.8 Å². The van der Waals surface area contributed by atoms with Crippen LogP contribution in [0.2, 0.25) is 5.02 Å². The Morgan fingerprint density at radius 1 is 1.45 bits per heavy atom. The van der Waals surface area contributed by atoms with Crippen molar-refractivity contribution in [2.45, 2.75) is 31.0 Å². The largest absolute Gasteiger partial charge is 0.482 e. The summed E-state index contributed by atoms with van der Waals surface area (Å²) in [5.74, 6) is 0.345. The molecule has 0 unspecified atom stereocenters. The molecule has 2 heterocycles. The summed E-state index contributed by atoms with van der Waals surface area (Å²) in [7, 11) is 0. The summed E-state index contributed by atoms with van der Waals surface area (Å²) in [5, 5.41) is 10.8. The second kappa shape index (κ2) is 6.44. The number of carbonyl (C=O) groups excluding carboxylic acids is 1. The lowest BCUT2D eigenvalue weighted by Crippen LogP contribution is -2.57. The zero-order chi connectivity index (χ0) is 15.6. The van der Waals surface area contributed by atoms with Crippen LogP contribution < -0.4 is 4.74 Å². The number of benzene rings is 1. The van der Waals surface area contributed by atoms with Gasteiger partial charge >= 0.3 is 0 Å². The van der Waals surface area contributed by atoms with Crippen molar-refractivity contribution >= 4 is 17.5 Å². The van der Waals surface area contributed by atoms with Crippen LogP contribution in [-0.2, 0) is 9.53 Å². The number of piperidine rings is 1. The van der Waals surface area contributed by atoms with Crippen LogP contribution in [0.3, 0.4) is 0 Å². The fraction of sp³-hybridized carbons (Fsp3) is 0.562. The quantitative estimate of drug-likeness (QED) is 0.921. The second-order valence-electron chi connectivity index (χ2n) is 5.84. The Hall–Kier alpha value is -1.30. The van der Waals surface area contributed by atoms with Gasteiger partial charge in [-0.1, -0.05) is 23.7 Å². The molecule has 120 valence electrons. The smallest absolute Gasteiger partial charge is 0.260 e. The maximum Gasteiger partial charge on any atom is 0.260 e. The number of likely N-dealkylation sites (tertiary alicyclic amines) is 1. The number of rotatable bonds is 3. The molecule has 1 amide bonds. The highest BCUT2D eigenvalue weighted by Crippen LogP contribution is 2.36. The number of nitrogens with zero attached hydrogens (tertiary/aromatic N) is 1. The molecule has 0 radical (unpaired) electrons. The second-order valence-corrected chi connectivity index (χ2v) is 6.25. The lowest BCUT2D eigenvalue weighted by Gasteiger charge is -2.42. The van der Waals surface area contributed by atoms with Crippen LogP contribution in [0.25, 0.3) is 0 Å². The summed E-state index contributed by atoms with van der Waals surface area (Å²) in [6.45, 7) is 1.50. The van der Waals surface area contributed by atoms with Gasteiger partial charge in [-0.25, -0.2) is 0 Å². The maximum atomic E-state index is 12.2. The molecule has 0 aliphatic carbocycles. The molecular weight excluding hydrogens is 306 g/mol. The SMILES string of the molecule is O=C(COc1ccccc1Cl)N1CC[C@@]2(CCCO2)[C@@H](O)C1. The summed E-state index contributed by atoms with van der Waals surface area (Å²) in [5.41, 5.74) is -0.444. The molecule has 1 N–H and O–H groups in total. The normalized spacial score (nSPS) is 28.1. The summed E-state index contributed by atoms with van der Waals surface area (Å²) in [6, 6.07) is 7.05. The molecule has 2 atom stereocenters. The highest BCUT2D eigenvalue weighted by atomic mass is 35.5. The van der Waals surface area contributed by atoms with E-state index in [1.807, 2.05) is 0 Å². The number of halogens is 1. The minimum atomic E-state index is -0.631. The number of β-amino-alcohol motifs (C(OH)–C–C–N with tert-alkyl or cyclic N) is 1. The van der Waals surface area contributed by atoms with Crippen molar-refractivity contribution in [3.8, 4) is 5.75 Å². The molecule has 2 aliphatic heterocycles. The highest BCUT2D eigenvalue weighted by Gasteiger charge is 2.46. The first-order valence-electron chi connectivity index (χ1n) is 7.58. The van der Waals surface area contributed by atoms with E-state index in [1.165, 1.54) is 0 Å². The van der Waals surface area contributed by atoms with Crippen LogP contribution in [0.4, 0.5) is 0 Å². The van der Waals surface area contributed by atoms with Gasteiger partial charge < -0.3 is 19.5 Å². The van der Waals surface area contributed by atoms with Crippen molar-refractivity contribution < 1.29 is 19.4 Å². The third kappa shape index (κ3) is 3.07. The lowest BCUT2D eigenvalue weighted by atomic mass is 9.86. The number of aliphatic hydroxyl groups excluding tert-OH is 1. The van der Waals surface area contributed by atoms with Crippen LogP contribution in [0.5, 0.6) is 5.75 Å². The minimum Gasteiger partial charge on any atom is -0.482 e. The monoisotopic (exact) mass is 325 g/mol. The average molecular weight is 326 g/mol. The number of para-hydroxylation sites is 1. The van der Waals surface area contributed by atoms with Gasteiger partial charge in [-0.2, -0.15) is 0 Å².